The van der Waals surface area contributed by atoms with E-state index in [2.05, 4.69) is 10.3 Å². The molecule has 1 amide bonds. The number of benzene rings is 4. The molecule has 4 aromatic carbocycles. The van der Waals surface area contributed by atoms with Crippen molar-refractivity contribution in [2.75, 3.05) is 28.4 Å². The number of methoxy groups -OCH3 is 4. The molecule has 0 aliphatic heterocycles. The summed E-state index contributed by atoms with van der Waals surface area (Å²) >= 11 is 0. The van der Waals surface area contributed by atoms with Gasteiger partial charge in [-0.3, -0.25) is 24.1 Å². The van der Waals surface area contributed by atoms with Gasteiger partial charge >= 0.3 is 11.9 Å². The highest BCUT2D eigenvalue weighted by Gasteiger charge is 2.14. The summed E-state index contributed by atoms with van der Waals surface area (Å²) in [4.78, 5) is 53.8. The average molecular weight is 781 g/mol. The number of nitrogens with two attached hydrogens (primary N) is 1. The molecule has 0 saturated carbocycles. The quantitative estimate of drug-likeness (QED) is 0.0696. The molecule has 2 heterocycles. The maximum absolute atomic E-state index is 12.2. The van der Waals surface area contributed by atoms with Gasteiger partial charge in [-0.25, -0.2) is 16.2 Å². The Morgan fingerprint density at radius 3 is 1.47 bits per heavy atom. The molecule has 0 spiro atoms. The number of ether oxygens (including phenoxy) is 4. The van der Waals surface area contributed by atoms with Gasteiger partial charge in [0.25, 0.3) is 0 Å². The lowest BCUT2D eigenvalue weighted by Crippen LogP contribution is -2.23. The summed E-state index contributed by atoms with van der Waals surface area (Å²) in [5.74, 6) is 7.05. The Bertz CT molecular complexity index is 2230. The van der Waals surface area contributed by atoms with Crippen molar-refractivity contribution in [1.82, 2.24) is 5.48 Å². The van der Waals surface area contributed by atoms with Gasteiger partial charge in [0, 0.05) is 45.5 Å². The van der Waals surface area contributed by atoms with Gasteiger partial charge in [-0.05, 0) is 48.5 Å². The topological polar surface area (TPSA) is 208 Å². The van der Waals surface area contributed by atoms with Crippen molar-refractivity contribution in [1.29, 1.82) is 0 Å². The number of nitrogens with one attached hydrogen (secondary N) is 1. The van der Waals surface area contributed by atoms with Crippen LogP contribution in [0.15, 0.2) is 118 Å². The number of carboxylic acids is 1. The summed E-state index contributed by atoms with van der Waals surface area (Å²) < 4.78 is 31.3. The van der Waals surface area contributed by atoms with E-state index >= 15 is 0 Å². The van der Waals surface area contributed by atoms with Gasteiger partial charge in [0.15, 0.2) is 5.76 Å². The average Bonchev–Trinajstić information content (AvgIpc) is 3.97. The minimum atomic E-state index is -1.10. The Labute approximate surface area is 327 Å². The molecular formula is C42H40N2O13. The van der Waals surface area contributed by atoms with Crippen molar-refractivity contribution in [3.63, 3.8) is 0 Å². The molecule has 0 aliphatic rings. The third-order valence-electron chi connectivity index (χ3n) is 7.93. The lowest BCUT2D eigenvalue weighted by atomic mass is 10.1. The largest absolute Gasteiger partial charge is 0.497 e. The zero-order valence-electron chi connectivity index (χ0n) is 31.4. The molecule has 296 valence electrons. The smallest absolute Gasteiger partial charge is 0.371 e. The first kappa shape index (κ1) is 42.5. The van der Waals surface area contributed by atoms with Crippen molar-refractivity contribution in [2.24, 2.45) is 5.90 Å². The van der Waals surface area contributed by atoms with Crippen molar-refractivity contribution >= 4 is 24.4 Å². The second-order valence-electron chi connectivity index (χ2n) is 11.5. The van der Waals surface area contributed by atoms with Crippen molar-refractivity contribution < 1.29 is 61.7 Å². The third-order valence-corrected chi connectivity index (χ3v) is 7.93. The van der Waals surface area contributed by atoms with E-state index in [0.29, 0.717) is 46.5 Å². The summed E-state index contributed by atoms with van der Waals surface area (Å²) in [7, 11) is 6.31. The van der Waals surface area contributed by atoms with Gasteiger partial charge in [0.2, 0.25) is 5.76 Å². The number of hydrogen-bond donors (Lipinski definition) is 3. The molecule has 0 unspecified atom stereocenters. The third kappa shape index (κ3) is 12.1. The van der Waals surface area contributed by atoms with Crippen LogP contribution in [0.1, 0.15) is 53.0 Å². The Morgan fingerprint density at radius 2 is 1.07 bits per heavy atom. The van der Waals surface area contributed by atoms with Crippen LogP contribution in [0.4, 0.5) is 0 Å². The molecule has 15 heteroatoms. The molecule has 0 fully saturated rings. The molecule has 0 atom stereocenters. The predicted octanol–water partition coefficient (Wildman–Crippen LogP) is 7.19. The fraction of sp³-hybridized carbons (Fsp3) is 0.143. The predicted molar refractivity (Wildman–Crippen MR) is 206 cm³/mol. The van der Waals surface area contributed by atoms with E-state index in [0.717, 1.165) is 40.6 Å². The second-order valence-corrected chi connectivity index (χ2v) is 11.5. The molecule has 0 saturated heterocycles. The van der Waals surface area contributed by atoms with Crippen LogP contribution in [0.25, 0.3) is 22.6 Å². The number of aldehydes is 2. The number of aromatic carboxylic acids is 1. The Hall–Kier alpha value is -7.20. The van der Waals surface area contributed by atoms with E-state index in [4.69, 9.17) is 43.6 Å². The first-order valence-electron chi connectivity index (χ1n) is 16.9. The molecular weight excluding hydrogens is 740 g/mol. The van der Waals surface area contributed by atoms with Gasteiger partial charge in [0.05, 0.1) is 35.0 Å². The highest BCUT2D eigenvalue weighted by Crippen LogP contribution is 2.27. The number of furan rings is 2. The molecule has 2 aromatic heterocycles. The van der Waals surface area contributed by atoms with Gasteiger partial charge < -0.3 is 32.9 Å². The molecule has 6 rings (SSSR count). The van der Waals surface area contributed by atoms with Crippen molar-refractivity contribution in [3.8, 4) is 45.6 Å². The number of carboxylic acid groups (broad SMARTS) is 1. The number of amides is 1. The van der Waals surface area contributed by atoms with Crippen LogP contribution in [-0.4, -0.2) is 58.0 Å². The molecule has 6 aromatic rings. The van der Waals surface area contributed by atoms with Crippen LogP contribution in [0.3, 0.4) is 0 Å². The van der Waals surface area contributed by atoms with Gasteiger partial charge in [0.1, 0.15) is 53.7 Å². The zero-order chi connectivity index (χ0) is 41.2. The Balaban J connectivity index is 0.000000209. The van der Waals surface area contributed by atoms with E-state index in [9.17, 15) is 19.2 Å². The Morgan fingerprint density at radius 1 is 0.614 bits per heavy atom. The maximum Gasteiger partial charge on any atom is 0.371 e. The van der Waals surface area contributed by atoms with Crippen LogP contribution < -0.4 is 30.3 Å². The first-order valence-corrected chi connectivity index (χ1v) is 16.9. The fourth-order valence-electron chi connectivity index (χ4n) is 4.94. The van der Waals surface area contributed by atoms with E-state index in [1.54, 1.807) is 119 Å². The van der Waals surface area contributed by atoms with E-state index in [-0.39, 0.29) is 18.1 Å². The van der Waals surface area contributed by atoms with Crippen molar-refractivity contribution in [3.05, 3.63) is 143 Å². The van der Waals surface area contributed by atoms with Crippen LogP contribution in [0, 0.1) is 0 Å². The highest BCUT2D eigenvalue weighted by atomic mass is 16.7. The van der Waals surface area contributed by atoms with Gasteiger partial charge in [-0.15, -0.1) is 0 Å². The van der Waals surface area contributed by atoms with Gasteiger partial charge in [-0.1, -0.05) is 48.5 Å². The molecule has 57 heavy (non-hydrogen) atoms. The minimum absolute atomic E-state index is 0.102. The molecule has 0 radical (unpaired) electrons. The number of rotatable bonds is 15. The summed E-state index contributed by atoms with van der Waals surface area (Å²) in [5, 5.41) is 8.69. The Kier molecular flexibility index (Phi) is 16.1. The standard InChI is InChI=1S/C21H19NO6.C12H8O4.C9H13NO3/c1-25-17-8-7-16(20(11-17)26-2)13-27-22-21(24)19-10-9-18(28-19)15-5-3-14(12-23)4-6-15;13-7-8-1-3-9(4-2-8)10-5-6-11(16-10)12(14)15;1-11-8-4-3-7(6-13-10)9(5-8)12-2/h3-12H,13H2,1-2H3,(H,22,24);1-7H,(H,14,15);3-5H,6,10H2,1-2H3. The molecule has 0 aliphatic carbocycles. The van der Waals surface area contributed by atoms with Crippen LogP contribution in [-0.2, 0) is 22.9 Å². The van der Waals surface area contributed by atoms with Crippen LogP contribution in [0.2, 0.25) is 0 Å². The monoisotopic (exact) mass is 780 g/mol. The summed E-state index contributed by atoms with van der Waals surface area (Å²) in [6.45, 7) is 0.437. The number of carbonyl (C=O) groups excluding carboxylic acids is 3. The van der Waals surface area contributed by atoms with E-state index < -0.39 is 11.9 Å². The lowest BCUT2D eigenvalue weighted by Gasteiger charge is -2.10. The fourth-order valence-corrected chi connectivity index (χ4v) is 4.94. The molecule has 4 N–H and O–H groups in total. The van der Waals surface area contributed by atoms with Crippen LogP contribution in [0.5, 0.6) is 23.0 Å². The number of hydrogen-bond acceptors (Lipinski definition) is 13. The highest BCUT2D eigenvalue weighted by molar-refractivity contribution is 5.91. The van der Waals surface area contributed by atoms with E-state index in [1.807, 2.05) is 12.1 Å². The normalized spacial score (nSPS) is 10.1. The minimum Gasteiger partial charge on any atom is -0.497 e. The number of carbonyl (C=O) groups is 4. The summed E-state index contributed by atoms with van der Waals surface area (Å²) in [6, 6.07) is 30.5. The molecule has 15 nitrogen and oxygen atoms in total. The van der Waals surface area contributed by atoms with E-state index in [1.165, 1.54) is 6.07 Å². The number of hydroxylamine groups is 1. The zero-order valence-corrected chi connectivity index (χ0v) is 31.4. The SMILES string of the molecule is COc1ccc(CON)c(OC)c1.COc1ccc(CONC(=O)c2ccc(-c3ccc(C=O)cc3)o2)c(OC)c1.O=Cc1ccc(-c2ccc(C(=O)O)o2)cc1. The first-order chi connectivity index (χ1) is 27.7. The van der Waals surface area contributed by atoms with Crippen molar-refractivity contribution in [2.45, 2.75) is 13.2 Å². The van der Waals surface area contributed by atoms with Gasteiger partial charge in [-0.2, -0.15) is 0 Å². The van der Waals surface area contributed by atoms with Crippen LogP contribution >= 0.6 is 0 Å². The summed E-state index contributed by atoms with van der Waals surface area (Å²) in [6.07, 6.45) is 1.51. The lowest BCUT2D eigenvalue weighted by molar-refractivity contribution is 0.0206. The maximum atomic E-state index is 12.2. The second kappa shape index (κ2) is 21.6. The molecule has 0 bridgehead atoms. The summed E-state index contributed by atoms with van der Waals surface area (Å²) in [5.41, 5.74) is 6.61.